The average molecular weight is 379 g/mol. The SMILES string of the molecule is CCCC(CCC)Nc1ccc(-c2c(C)cc(C)cc2C)c2nc(N)n(C)c12. The van der Waals surface area contributed by atoms with E-state index in [1.165, 1.54) is 47.9 Å². The molecule has 150 valence electrons. The van der Waals surface area contributed by atoms with Gasteiger partial charge >= 0.3 is 0 Å². The van der Waals surface area contributed by atoms with Crippen LogP contribution in [0.15, 0.2) is 24.3 Å². The van der Waals surface area contributed by atoms with Crippen molar-refractivity contribution in [3.8, 4) is 11.1 Å². The Balaban J connectivity index is 2.18. The van der Waals surface area contributed by atoms with E-state index in [1.807, 2.05) is 11.6 Å². The van der Waals surface area contributed by atoms with E-state index in [-0.39, 0.29) is 0 Å². The molecule has 4 nitrogen and oxygen atoms in total. The molecule has 0 fully saturated rings. The number of rotatable bonds is 7. The van der Waals surface area contributed by atoms with Gasteiger partial charge in [-0.25, -0.2) is 4.98 Å². The highest BCUT2D eigenvalue weighted by Gasteiger charge is 2.19. The lowest BCUT2D eigenvalue weighted by atomic mass is 9.92. The van der Waals surface area contributed by atoms with E-state index < -0.39 is 0 Å². The van der Waals surface area contributed by atoms with Crippen molar-refractivity contribution in [2.75, 3.05) is 11.1 Å². The lowest BCUT2D eigenvalue weighted by Crippen LogP contribution is -2.19. The van der Waals surface area contributed by atoms with Gasteiger partial charge < -0.3 is 15.6 Å². The lowest BCUT2D eigenvalue weighted by Gasteiger charge is -2.21. The van der Waals surface area contributed by atoms with E-state index in [0.29, 0.717) is 12.0 Å². The van der Waals surface area contributed by atoms with Crippen LogP contribution in [0.1, 0.15) is 56.2 Å². The summed E-state index contributed by atoms with van der Waals surface area (Å²) in [6.45, 7) is 11.0. The third-order valence-electron chi connectivity index (χ3n) is 5.64. The van der Waals surface area contributed by atoms with Gasteiger partial charge in [0.1, 0.15) is 5.52 Å². The van der Waals surface area contributed by atoms with Gasteiger partial charge in [-0.2, -0.15) is 0 Å². The molecule has 3 N–H and O–H groups in total. The second kappa shape index (κ2) is 8.26. The number of anilines is 2. The van der Waals surface area contributed by atoms with E-state index in [0.717, 1.165) is 22.3 Å². The van der Waals surface area contributed by atoms with Crippen molar-refractivity contribution in [3.63, 3.8) is 0 Å². The Kier molecular flexibility index (Phi) is 5.97. The molecule has 0 amide bonds. The number of hydrogen-bond donors (Lipinski definition) is 2. The van der Waals surface area contributed by atoms with Crippen LogP contribution in [0.3, 0.4) is 0 Å². The summed E-state index contributed by atoms with van der Waals surface area (Å²) in [6.07, 6.45) is 4.68. The highest BCUT2D eigenvalue weighted by molar-refractivity contribution is 6.01. The normalized spacial score (nSPS) is 11.5. The number of nitrogen functional groups attached to an aromatic ring is 1. The van der Waals surface area contributed by atoms with Gasteiger partial charge in [0.2, 0.25) is 5.95 Å². The second-order valence-corrected chi connectivity index (χ2v) is 8.08. The first-order valence-electron chi connectivity index (χ1n) is 10.5. The van der Waals surface area contributed by atoms with Crippen molar-refractivity contribution in [2.24, 2.45) is 7.05 Å². The van der Waals surface area contributed by atoms with Crippen molar-refractivity contribution >= 4 is 22.7 Å². The van der Waals surface area contributed by atoms with Crippen molar-refractivity contribution in [3.05, 3.63) is 41.0 Å². The van der Waals surface area contributed by atoms with Gasteiger partial charge in [0, 0.05) is 18.7 Å². The number of nitrogens with zero attached hydrogens (tertiary/aromatic N) is 2. The smallest absolute Gasteiger partial charge is 0.201 e. The Hall–Kier alpha value is -2.49. The molecule has 3 aromatic rings. The largest absolute Gasteiger partial charge is 0.381 e. The van der Waals surface area contributed by atoms with Gasteiger partial charge in [0.25, 0.3) is 0 Å². The van der Waals surface area contributed by atoms with Crippen LogP contribution in [0.4, 0.5) is 11.6 Å². The molecule has 4 heteroatoms. The predicted molar refractivity (Wildman–Crippen MR) is 122 cm³/mol. The number of fused-ring (bicyclic) bond motifs is 1. The highest BCUT2D eigenvalue weighted by Crippen LogP contribution is 2.37. The molecule has 3 rings (SSSR count). The Morgan fingerprint density at radius 3 is 2.21 bits per heavy atom. The number of aromatic nitrogens is 2. The summed E-state index contributed by atoms with van der Waals surface area (Å²) < 4.78 is 2.01. The quantitative estimate of drug-likeness (QED) is 0.520. The van der Waals surface area contributed by atoms with Crippen molar-refractivity contribution < 1.29 is 0 Å². The average Bonchev–Trinajstić information content (AvgIpc) is 2.92. The summed E-state index contributed by atoms with van der Waals surface area (Å²) in [5.74, 6) is 0.551. The standard InChI is InChI=1S/C24H34N4/c1-7-9-18(10-8-2)26-20-12-11-19(22-23(20)28(6)24(25)27-22)21-16(4)13-15(3)14-17(21)5/h11-14,18,26H,7-10H2,1-6H3,(H2,25,27). The van der Waals surface area contributed by atoms with E-state index in [4.69, 9.17) is 10.7 Å². The predicted octanol–water partition coefficient (Wildman–Crippen LogP) is 6.13. The van der Waals surface area contributed by atoms with Crippen molar-refractivity contribution in [1.82, 2.24) is 9.55 Å². The zero-order chi connectivity index (χ0) is 20.4. The molecular weight excluding hydrogens is 344 g/mol. The Morgan fingerprint density at radius 1 is 1.04 bits per heavy atom. The summed E-state index contributed by atoms with van der Waals surface area (Å²) in [5, 5.41) is 3.78. The molecule has 0 aliphatic heterocycles. The van der Waals surface area contributed by atoms with Gasteiger partial charge in [0.15, 0.2) is 0 Å². The third kappa shape index (κ3) is 3.73. The molecule has 0 unspecified atom stereocenters. The maximum absolute atomic E-state index is 6.24. The number of imidazole rings is 1. The molecule has 1 aromatic heterocycles. The molecular formula is C24H34N4. The molecule has 0 radical (unpaired) electrons. The lowest BCUT2D eigenvalue weighted by molar-refractivity contribution is 0.586. The van der Waals surface area contributed by atoms with Crippen LogP contribution in [0, 0.1) is 20.8 Å². The minimum Gasteiger partial charge on any atom is -0.381 e. The Labute approximate surface area is 169 Å². The van der Waals surface area contributed by atoms with Crippen LogP contribution in [-0.2, 0) is 7.05 Å². The number of hydrogen-bond acceptors (Lipinski definition) is 3. The summed E-state index contributed by atoms with van der Waals surface area (Å²) in [7, 11) is 2.00. The van der Waals surface area contributed by atoms with E-state index >= 15 is 0 Å². The summed E-state index contributed by atoms with van der Waals surface area (Å²) in [5.41, 5.74) is 15.7. The molecule has 0 saturated heterocycles. The Bertz CT molecular complexity index is 955. The number of nitrogens with one attached hydrogen (secondary N) is 1. The number of nitrogens with two attached hydrogens (primary N) is 1. The van der Waals surface area contributed by atoms with Crippen LogP contribution in [-0.4, -0.2) is 15.6 Å². The van der Waals surface area contributed by atoms with Crippen LogP contribution < -0.4 is 11.1 Å². The summed E-state index contributed by atoms with van der Waals surface area (Å²) >= 11 is 0. The second-order valence-electron chi connectivity index (χ2n) is 8.08. The fraction of sp³-hybridized carbons (Fsp3) is 0.458. The van der Waals surface area contributed by atoms with Crippen LogP contribution >= 0.6 is 0 Å². The van der Waals surface area contributed by atoms with Crippen molar-refractivity contribution in [1.29, 1.82) is 0 Å². The minimum absolute atomic E-state index is 0.475. The van der Waals surface area contributed by atoms with Crippen LogP contribution in [0.2, 0.25) is 0 Å². The van der Waals surface area contributed by atoms with E-state index in [1.54, 1.807) is 0 Å². The van der Waals surface area contributed by atoms with E-state index in [9.17, 15) is 0 Å². The molecule has 0 atom stereocenters. The summed E-state index contributed by atoms with van der Waals surface area (Å²) in [6, 6.07) is 9.37. The highest BCUT2D eigenvalue weighted by atomic mass is 15.1. The van der Waals surface area contributed by atoms with Gasteiger partial charge in [-0.3, -0.25) is 0 Å². The number of benzene rings is 2. The maximum atomic E-state index is 6.24. The van der Waals surface area contributed by atoms with Crippen molar-refractivity contribution in [2.45, 2.75) is 66.3 Å². The fourth-order valence-corrected chi connectivity index (χ4v) is 4.47. The topological polar surface area (TPSA) is 55.9 Å². The molecule has 2 aromatic carbocycles. The molecule has 0 spiro atoms. The summed E-state index contributed by atoms with van der Waals surface area (Å²) in [4.78, 5) is 4.75. The first-order valence-corrected chi connectivity index (χ1v) is 10.5. The molecule has 0 bridgehead atoms. The zero-order valence-electron chi connectivity index (χ0n) is 18.2. The van der Waals surface area contributed by atoms with Gasteiger partial charge in [-0.15, -0.1) is 0 Å². The van der Waals surface area contributed by atoms with Crippen LogP contribution in [0.5, 0.6) is 0 Å². The van der Waals surface area contributed by atoms with E-state index in [2.05, 4.69) is 64.2 Å². The molecule has 0 aliphatic carbocycles. The first-order chi connectivity index (χ1) is 13.4. The first kappa shape index (κ1) is 20.2. The number of aryl methyl sites for hydroxylation is 4. The maximum Gasteiger partial charge on any atom is 0.201 e. The molecule has 1 heterocycles. The van der Waals surface area contributed by atoms with Gasteiger partial charge in [0.05, 0.1) is 11.2 Å². The van der Waals surface area contributed by atoms with Gasteiger partial charge in [-0.05, 0) is 62.4 Å². The van der Waals surface area contributed by atoms with Crippen LogP contribution in [0.25, 0.3) is 22.2 Å². The molecule has 0 saturated carbocycles. The molecule has 28 heavy (non-hydrogen) atoms. The minimum atomic E-state index is 0.475. The fourth-order valence-electron chi connectivity index (χ4n) is 4.47. The van der Waals surface area contributed by atoms with Gasteiger partial charge in [-0.1, -0.05) is 44.4 Å². The molecule has 0 aliphatic rings. The monoisotopic (exact) mass is 378 g/mol. The zero-order valence-corrected chi connectivity index (χ0v) is 18.2. The Morgan fingerprint density at radius 2 is 1.64 bits per heavy atom. The third-order valence-corrected chi connectivity index (χ3v) is 5.64.